The monoisotopic (exact) mass is 433 g/mol. The van der Waals surface area contributed by atoms with Crippen molar-refractivity contribution in [3.63, 3.8) is 0 Å². The molecule has 4 aromatic rings. The number of hydrogen-bond donors (Lipinski definition) is 1. The van der Waals surface area contributed by atoms with Crippen molar-refractivity contribution in [1.29, 1.82) is 0 Å². The predicted octanol–water partition coefficient (Wildman–Crippen LogP) is 4.95. The number of nitrogens with two attached hydrogens (primary N) is 1. The van der Waals surface area contributed by atoms with E-state index in [9.17, 15) is 8.78 Å². The number of hydrogen-bond acceptors (Lipinski definition) is 4. The number of aromatic nitrogens is 4. The van der Waals surface area contributed by atoms with Gasteiger partial charge in [0.15, 0.2) is 0 Å². The van der Waals surface area contributed by atoms with Gasteiger partial charge in [0.1, 0.15) is 17.5 Å². The molecule has 164 valence electrons. The van der Waals surface area contributed by atoms with Crippen molar-refractivity contribution < 1.29 is 8.78 Å². The lowest BCUT2D eigenvalue weighted by molar-refractivity contribution is 0.392. The molecule has 3 heterocycles. The van der Waals surface area contributed by atoms with E-state index in [0.717, 1.165) is 36.8 Å². The van der Waals surface area contributed by atoms with Crippen LogP contribution in [0.25, 0.3) is 16.8 Å². The number of nitrogens with zero attached hydrogens (tertiary/aromatic N) is 4. The highest BCUT2D eigenvalue weighted by Crippen LogP contribution is 2.34. The van der Waals surface area contributed by atoms with Crippen molar-refractivity contribution in [3.05, 3.63) is 83.1 Å². The SMILES string of the molecule is Cc1cc(F)c(-c2ccc3cnc(Cc4cnccc4[C@@H]4CCC[C@H](N)C4)n3n2)c(F)c1. The van der Waals surface area contributed by atoms with Crippen LogP contribution < -0.4 is 5.73 Å². The van der Waals surface area contributed by atoms with Crippen LogP contribution in [-0.2, 0) is 6.42 Å². The molecule has 2 N–H and O–H groups in total. The van der Waals surface area contributed by atoms with Crippen LogP contribution in [0.1, 0.15) is 54.1 Å². The van der Waals surface area contributed by atoms with Gasteiger partial charge in [0.2, 0.25) is 0 Å². The molecule has 1 fully saturated rings. The maximum absolute atomic E-state index is 14.5. The summed E-state index contributed by atoms with van der Waals surface area (Å²) in [7, 11) is 0. The number of rotatable bonds is 4. The van der Waals surface area contributed by atoms with Gasteiger partial charge in [-0.2, -0.15) is 5.10 Å². The summed E-state index contributed by atoms with van der Waals surface area (Å²) in [6, 6.07) is 8.33. The van der Waals surface area contributed by atoms with E-state index in [0.29, 0.717) is 23.7 Å². The lowest BCUT2D eigenvalue weighted by atomic mass is 9.80. The minimum atomic E-state index is -0.626. The first-order valence-corrected chi connectivity index (χ1v) is 11.0. The van der Waals surface area contributed by atoms with Crippen molar-refractivity contribution in [2.45, 2.75) is 51.0 Å². The second-order valence-corrected chi connectivity index (χ2v) is 8.71. The Balaban J connectivity index is 1.53. The number of aryl methyl sites for hydroxylation is 1. The molecule has 32 heavy (non-hydrogen) atoms. The quantitative estimate of drug-likeness (QED) is 0.494. The third-order valence-corrected chi connectivity index (χ3v) is 6.34. The van der Waals surface area contributed by atoms with E-state index in [2.05, 4.69) is 21.1 Å². The zero-order valence-electron chi connectivity index (χ0n) is 17.9. The van der Waals surface area contributed by atoms with Crippen molar-refractivity contribution in [2.75, 3.05) is 0 Å². The Kier molecular flexibility index (Phi) is 5.43. The maximum Gasteiger partial charge on any atom is 0.135 e. The van der Waals surface area contributed by atoms with Gasteiger partial charge < -0.3 is 5.73 Å². The number of fused-ring (bicyclic) bond motifs is 1. The predicted molar refractivity (Wildman–Crippen MR) is 119 cm³/mol. The van der Waals surface area contributed by atoms with E-state index >= 15 is 0 Å². The summed E-state index contributed by atoms with van der Waals surface area (Å²) in [6.07, 6.45) is 10.2. The Morgan fingerprint density at radius 2 is 1.91 bits per heavy atom. The van der Waals surface area contributed by atoms with Crippen LogP contribution in [0.4, 0.5) is 8.78 Å². The second kappa shape index (κ2) is 8.39. The molecular formula is C25H25F2N5. The third kappa shape index (κ3) is 3.88. The average Bonchev–Trinajstić information content (AvgIpc) is 3.15. The minimum absolute atomic E-state index is 0.129. The van der Waals surface area contributed by atoms with Gasteiger partial charge in [-0.05, 0) is 79.1 Å². The number of pyridine rings is 1. The van der Waals surface area contributed by atoms with Crippen LogP contribution >= 0.6 is 0 Å². The van der Waals surface area contributed by atoms with Gasteiger partial charge in [-0.25, -0.2) is 18.3 Å². The molecule has 5 rings (SSSR count). The zero-order valence-corrected chi connectivity index (χ0v) is 17.9. The van der Waals surface area contributed by atoms with Crippen LogP contribution in [0.5, 0.6) is 0 Å². The fourth-order valence-corrected chi connectivity index (χ4v) is 4.80. The van der Waals surface area contributed by atoms with Gasteiger partial charge in [-0.15, -0.1) is 0 Å². The topological polar surface area (TPSA) is 69.1 Å². The highest BCUT2D eigenvalue weighted by molar-refractivity contribution is 5.63. The molecule has 1 aliphatic rings. The van der Waals surface area contributed by atoms with E-state index in [1.54, 1.807) is 29.8 Å². The summed E-state index contributed by atoms with van der Waals surface area (Å²) >= 11 is 0. The van der Waals surface area contributed by atoms with Crippen LogP contribution in [0.2, 0.25) is 0 Å². The summed E-state index contributed by atoms with van der Waals surface area (Å²) in [4.78, 5) is 8.87. The van der Waals surface area contributed by atoms with Crippen molar-refractivity contribution in [3.8, 4) is 11.3 Å². The Hall–Kier alpha value is -3.19. The van der Waals surface area contributed by atoms with Gasteiger partial charge in [0, 0.05) is 24.9 Å². The first-order chi connectivity index (χ1) is 15.5. The first kappa shape index (κ1) is 20.7. The molecule has 5 nitrogen and oxygen atoms in total. The van der Waals surface area contributed by atoms with Gasteiger partial charge >= 0.3 is 0 Å². The van der Waals surface area contributed by atoms with Gasteiger partial charge in [-0.1, -0.05) is 6.42 Å². The molecule has 1 aromatic carbocycles. The minimum Gasteiger partial charge on any atom is -0.328 e. The molecule has 0 amide bonds. The second-order valence-electron chi connectivity index (χ2n) is 8.71. The smallest absolute Gasteiger partial charge is 0.135 e. The summed E-state index contributed by atoms with van der Waals surface area (Å²) < 4.78 is 30.7. The van der Waals surface area contributed by atoms with Gasteiger partial charge in [-0.3, -0.25) is 4.98 Å². The number of imidazole rings is 1. The molecule has 1 saturated carbocycles. The maximum atomic E-state index is 14.5. The summed E-state index contributed by atoms with van der Waals surface area (Å²) in [5.41, 5.74) is 9.95. The highest BCUT2D eigenvalue weighted by atomic mass is 19.1. The molecule has 3 aromatic heterocycles. The van der Waals surface area contributed by atoms with Crippen LogP contribution in [0.15, 0.2) is 48.9 Å². The molecule has 0 spiro atoms. The number of halogens is 2. The highest BCUT2D eigenvalue weighted by Gasteiger charge is 2.23. The molecule has 0 radical (unpaired) electrons. The Morgan fingerprint density at radius 3 is 2.69 bits per heavy atom. The van der Waals surface area contributed by atoms with E-state index in [-0.39, 0.29) is 17.3 Å². The van der Waals surface area contributed by atoms with Crippen molar-refractivity contribution >= 4 is 5.52 Å². The molecule has 0 aliphatic heterocycles. The van der Waals surface area contributed by atoms with E-state index in [1.807, 2.05) is 12.4 Å². The normalized spacial score (nSPS) is 18.9. The molecule has 0 unspecified atom stereocenters. The lowest BCUT2D eigenvalue weighted by Crippen LogP contribution is -2.27. The zero-order chi connectivity index (χ0) is 22.2. The third-order valence-electron chi connectivity index (χ3n) is 6.34. The van der Waals surface area contributed by atoms with Gasteiger partial charge in [0.25, 0.3) is 0 Å². The largest absolute Gasteiger partial charge is 0.328 e. The molecule has 2 atom stereocenters. The standard InChI is InChI=1S/C25H25F2N5/c1-15-9-21(26)25(22(27)10-15)23-6-5-19-14-30-24(32(19)31-23)12-17-13-29-8-7-20(17)16-3-2-4-18(28)11-16/h5-10,13-14,16,18H,2-4,11-12,28H2,1H3/t16-,18+/m1/s1. The van der Waals surface area contributed by atoms with E-state index in [1.165, 1.54) is 17.7 Å². The Morgan fingerprint density at radius 1 is 1.09 bits per heavy atom. The van der Waals surface area contributed by atoms with Crippen LogP contribution in [0, 0.1) is 18.6 Å². The summed E-state index contributed by atoms with van der Waals surface area (Å²) in [5.74, 6) is -0.148. The van der Waals surface area contributed by atoms with E-state index in [4.69, 9.17) is 5.73 Å². The fourth-order valence-electron chi connectivity index (χ4n) is 4.80. The van der Waals surface area contributed by atoms with Crippen molar-refractivity contribution in [1.82, 2.24) is 19.6 Å². The first-order valence-electron chi connectivity index (χ1n) is 11.0. The molecule has 0 bridgehead atoms. The molecule has 1 aliphatic carbocycles. The number of benzene rings is 1. The van der Waals surface area contributed by atoms with Crippen molar-refractivity contribution in [2.24, 2.45) is 5.73 Å². The van der Waals surface area contributed by atoms with Crippen LogP contribution in [-0.4, -0.2) is 25.6 Å². The lowest BCUT2D eigenvalue weighted by Gasteiger charge is -2.28. The van der Waals surface area contributed by atoms with Gasteiger partial charge in [0.05, 0.1) is 23.0 Å². The fraction of sp³-hybridized carbons (Fsp3) is 0.320. The average molecular weight is 434 g/mol. The molecular weight excluding hydrogens is 408 g/mol. The molecule has 0 saturated heterocycles. The summed E-state index contributed by atoms with van der Waals surface area (Å²) in [6.45, 7) is 1.66. The van der Waals surface area contributed by atoms with E-state index < -0.39 is 11.6 Å². The summed E-state index contributed by atoms with van der Waals surface area (Å²) in [5, 5.41) is 4.54. The Labute approximate surface area is 185 Å². The van der Waals surface area contributed by atoms with Crippen LogP contribution in [0.3, 0.4) is 0 Å². The Bertz CT molecular complexity index is 1260. The molecule has 7 heteroatoms.